The van der Waals surface area contributed by atoms with Gasteiger partial charge in [-0.2, -0.15) is 0 Å². The van der Waals surface area contributed by atoms with Crippen LogP contribution in [0.2, 0.25) is 0 Å². The van der Waals surface area contributed by atoms with Crippen LogP contribution in [-0.4, -0.2) is 0 Å². The molecule has 8 aromatic carbocycles. The van der Waals surface area contributed by atoms with E-state index in [2.05, 4.69) is 171 Å². The number of fused-ring (bicyclic) bond motifs is 3. The van der Waals surface area contributed by atoms with Crippen molar-refractivity contribution in [2.45, 2.75) is 6.92 Å². The third-order valence-corrected chi connectivity index (χ3v) is 8.75. The molecule has 0 heteroatoms. The van der Waals surface area contributed by atoms with Crippen molar-refractivity contribution in [2.24, 2.45) is 0 Å². The molecule has 0 N–H and O–H groups in total. The Bertz CT molecular complexity index is 2200. The van der Waals surface area contributed by atoms with Crippen LogP contribution in [0.15, 0.2) is 164 Å². The number of aryl methyl sites for hydroxylation is 1. The van der Waals surface area contributed by atoms with E-state index in [4.69, 9.17) is 0 Å². The van der Waals surface area contributed by atoms with Crippen molar-refractivity contribution in [2.75, 3.05) is 0 Å². The highest BCUT2D eigenvalue weighted by Gasteiger charge is 2.17. The van der Waals surface area contributed by atoms with E-state index in [0.29, 0.717) is 0 Å². The molecule has 202 valence electrons. The Morgan fingerprint density at radius 1 is 0.302 bits per heavy atom. The number of hydrogen-bond acceptors (Lipinski definition) is 0. The maximum Gasteiger partial charge on any atom is -0.00261 e. The molecule has 0 aliphatic rings. The van der Waals surface area contributed by atoms with Crippen LogP contribution in [0.25, 0.3) is 76.8 Å². The lowest BCUT2D eigenvalue weighted by Gasteiger charge is -2.18. The highest BCUT2D eigenvalue weighted by molar-refractivity contribution is 6.22. The van der Waals surface area contributed by atoms with Gasteiger partial charge in [-0.05, 0) is 89.8 Å². The van der Waals surface area contributed by atoms with Crippen LogP contribution >= 0.6 is 0 Å². The standard InChI is InChI=1S/C43H30/c1-29-18-20-34(21-19-29)42-37-13-5-7-15-39(37)43(40-16-8-6-14-38(40)42)35-27-26-32-12-9-17-36(41(32)28-35)33-24-22-31(23-25-33)30-10-3-2-4-11-30/h2-28H,1H3. The molecular formula is C43H30. The van der Waals surface area contributed by atoms with Gasteiger partial charge in [-0.15, -0.1) is 0 Å². The van der Waals surface area contributed by atoms with Crippen molar-refractivity contribution in [1.82, 2.24) is 0 Å². The van der Waals surface area contributed by atoms with E-state index >= 15 is 0 Å². The quantitative estimate of drug-likeness (QED) is 0.193. The molecule has 0 aromatic heterocycles. The minimum absolute atomic E-state index is 1.23. The maximum atomic E-state index is 2.40. The zero-order valence-electron chi connectivity index (χ0n) is 24.1. The van der Waals surface area contributed by atoms with Gasteiger partial charge in [-0.25, -0.2) is 0 Å². The number of rotatable bonds is 4. The molecule has 0 radical (unpaired) electrons. The summed E-state index contributed by atoms with van der Waals surface area (Å²) in [5, 5.41) is 7.64. The van der Waals surface area contributed by atoms with Gasteiger partial charge in [0, 0.05) is 0 Å². The second-order valence-electron chi connectivity index (χ2n) is 11.4. The van der Waals surface area contributed by atoms with Gasteiger partial charge in [0.05, 0.1) is 0 Å². The lowest BCUT2D eigenvalue weighted by molar-refractivity contribution is 1.47. The average molecular weight is 547 g/mol. The molecule has 43 heavy (non-hydrogen) atoms. The smallest absolute Gasteiger partial charge is 0.00261 e. The SMILES string of the molecule is Cc1ccc(-c2c3ccccc3c(-c3ccc4cccc(-c5ccc(-c6ccccc6)cc5)c4c3)c3ccccc23)cc1. The van der Waals surface area contributed by atoms with Crippen molar-refractivity contribution < 1.29 is 0 Å². The van der Waals surface area contributed by atoms with E-state index in [1.807, 2.05) is 0 Å². The van der Waals surface area contributed by atoms with Crippen LogP contribution in [0.4, 0.5) is 0 Å². The second kappa shape index (κ2) is 10.4. The van der Waals surface area contributed by atoms with Crippen molar-refractivity contribution in [3.8, 4) is 44.5 Å². The van der Waals surface area contributed by atoms with Gasteiger partial charge in [0.15, 0.2) is 0 Å². The van der Waals surface area contributed by atoms with Crippen molar-refractivity contribution in [1.29, 1.82) is 0 Å². The Morgan fingerprint density at radius 2 is 0.791 bits per heavy atom. The Hall–Kier alpha value is -5.46. The van der Waals surface area contributed by atoms with Crippen LogP contribution in [0.3, 0.4) is 0 Å². The Labute approximate surface area is 252 Å². The second-order valence-corrected chi connectivity index (χ2v) is 11.4. The molecule has 0 saturated carbocycles. The topological polar surface area (TPSA) is 0 Å². The van der Waals surface area contributed by atoms with E-state index < -0.39 is 0 Å². The first-order valence-electron chi connectivity index (χ1n) is 14.9. The van der Waals surface area contributed by atoms with Crippen molar-refractivity contribution >= 4 is 32.3 Å². The minimum atomic E-state index is 1.23. The summed E-state index contributed by atoms with van der Waals surface area (Å²) in [6.07, 6.45) is 0. The molecule has 0 nitrogen and oxygen atoms in total. The molecule has 8 rings (SSSR count). The predicted molar refractivity (Wildman–Crippen MR) is 185 cm³/mol. The predicted octanol–water partition coefficient (Wildman–Crippen LogP) is 12.1. The zero-order chi connectivity index (χ0) is 28.8. The molecule has 0 spiro atoms. The van der Waals surface area contributed by atoms with E-state index in [9.17, 15) is 0 Å². The summed E-state index contributed by atoms with van der Waals surface area (Å²) in [7, 11) is 0. The summed E-state index contributed by atoms with van der Waals surface area (Å²) in [4.78, 5) is 0. The lowest BCUT2D eigenvalue weighted by atomic mass is 9.85. The molecule has 0 unspecified atom stereocenters. The van der Waals surface area contributed by atoms with Crippen molar-refractivity contribution in [3.63, 3.8) is 0 Å². The monoisotopic (exact) mass is 546 g/mol. The molecular weight excluding hydrogens is 516 g/mol. The first-order valence-corrected chi connectivity index (χ1v) is 14.9. The van der Waals surface area contributed by atoms with Crippen LogP contribution in [-0.2, 0) is 0 Å². The van der Waals surface area contributed by atoms with Crippen LogP contribution in [0, 0.1) is 6.92 Å². The summed E-state index contributed by atoms with van der Waals surface area (Å²) in [5.74, 6) is 0. The molecule has 0 bridgehead atoms. The molecule has 0 amide bonds. The fraction of sp³-hybridized carbons (Fsp3) is 0.0233. The third-order valence-electron chi connectivity index (χ3n) is 8.75. The van der Waals surface area contributed by atoms with E-state index in [1.165, 1.54) is 82.4 Å². The molecule has 0 aliphatic heterocycles. The first kappa shape index (κ1) is 25.3. The minimum Gasteiger partial charge on any atom is -0.0622 e. The Morgan fingerprint density at radius 3 is 1.42 bits per heavy atom. The van der Waals surface area contributed by atoms with E-state index in [-0.39, 0.29) is 0 Å². The molecule has 8 aromatic rings. The molecule has 0 aliphatic carbocycles. The summed E-state index contributed by atoms with van der Waals surface area (Å²) in [6, 6.07) is 59.9. The van der Waals surface area contributed by atoms with Crippen LogP contribution in [0.1, 0.15) is 5.56 Å². The van der Waals surface area contributed by atoms with Gasteiger partial charge >= 0.3 is 0 Å². The highest BCUT2D eigenvalue weighted by atomic mass is 14.2. The number of hydrogen-bond donors (Lipinski definition) is 0. The molecule has 0 fully saturated rings. The fourth-order valence-corrected chi connectivity index (χ4v) is 6.62. The highest BCUT2D eigenvalue weighted by Crippen LogP contribution is 2.44. The van der Waals surface area contributed by atoms with Gasteiger partial charge in [0.2, 0.25) is 0 Å². The Balaban J connectivity index is 1.35. The van der Waals surface area contributed by atoms with Gasteiger partial charge in [0.1, 0.15) is 0 Å². The summed E-state index contributed by atoms with van der Waals surface area (Å²) >= 11 is 0. The number of benzene rings is 8. The molecule has 0 saturated heterocycles. The summed E-state index contributed by atoms with van der Waals surface area (Å²) in [6.45, 7) is 2.15. The first-order chi connectivity index (χ1) is 21.2. The Kier molecular flexibility index (Phi) is 6.12. The fourth-order valence-electron chi connectivity index (χ4n) is 6.62. The summed E-state index contributed by atoms with van der Waals surface area (Å²) in [5.41, 5.74) is 11.3. The zero-order valence-corrected chi connectivity index (χ0v) is 24.1. The van der Waals surface area contributed by atoms with Crippen LogP contribution in [0.5, 0.6) is 0 Å². The van der Waals surface area contributed by atoms with E-state index in [1.54, 1.807) is 0 Å². The van der Waals surface area contributed by atoms with Gasteiger partial charge in [-0.1, -0.05) is 163 Å². The summed E-state index contributed by atoms with van der Waals surface area (Å²) < 4.78 is 0. The van der Waals surface area contributed by atoms with E-state index in [0.717, 1.165) is 0 Å². The third kappa shape index (κ3) is 4.40. The largest absolute Gasteiger partial charge is 0.0622 e. The molecule has 0 heterocycles. The maximum absolute atomic E-state index is 2.40. The van der Waals surface area contributed by atoms with Gasteiger partial charge in [-0.3, -0.25) is 0 Å². The van der Waals surface area contributed by atoms with Gasteiger partial charge < -0.3 is 0 Å². The van der Waals surface area contributed by atoms with Crippen molar-refractivity contribution in [3.05, 3.63) is 169 Å². The lowest BCUT2D eigenvalue weighted by Crippen LogP contribution is -1.91. The van der Waals surface area contributed by atoms with Gasteiger partial charge in [0.25, 0.3) is 0 Å². The average Bonchev–Trinajstić information content (AvgIpc) is 3.08. The van der Waals surface area contributed by atoms with Crippen LogP contribution < -0.4 is 0 Å². The molecule has 0 atom stereocenters. The normalized spacial score (nSPS) is 11.4.